The molecule has 1 fully saturated rings. The number of imidazole rings is 2. The van der Waals surface area contributed by atoms with E-state index in [9.17, 15) is 32.3 Å². The Labute approximate surface area is 296 Å². The van der Waals surface area contributed by atoms with Crippen molar-refractivity contribution in [2.75, 3.05) is 20.7 Å². The molecule has 1 saturated heterocycles. The third-order valence-corrected chi connectivity index (χ3v) is 9.07. The molecule has 0 aliphatic carbocycles. The highest BCUT2D eigenvalue weighted by atomic mass is 19.4. The molecule has 14 nitrogen and oxygen atoms in total. The van der Waals surface area contributed by atoms with Crippen LogP contribution >= 0.6 is 0 Å². The van der Waals surface area contributed by atoms with Crippen molar-refractivity contribution in [3.8, 4) is 33.6 Å². The second kappa shape index (κ2) is 15.2. The number of carboxylic acid groups (broad SMARTS) is 1. The van der Waals surface area contributed by atoms with Crippen molar-refractivity contribution in [1.82, 2.24) is 40.4 Å². The van der Waals surface area contributed by atoms with E-state index in [1.807, 2.05) is 24.3 Å². The third-order valence-electron chi connectivity index (χ3n) is 9.07. The number of H-pyrrole nitrogens is 2. The number of amides is 4. The lowest BCUT2D eigenvalue weighted by atomic mass is 10.0. The Morgan fingerprint density at radius 1 is 0.942 bits per heavy atom. The van der Waals surface area contributed by atoms with Crippen molar-refractivity contribution in [2.24, 2.45) is 0 Å². The Bertz CT molecular complexity index is 1930. The Balaban J connectivity index is 1.31. The molecule has 0 bridgehead atoms. The topological polar surface area (TPSA) is 186 Å². The summed E-state index contributed by atoms with van der Waals surface area (Å²) in [5.74, 6) is -0.361. The minimum absolute atomic E-state index is 0.0184. The Morgan fingerprint density at radius 3 is 2.12 bits per heavy atom. The predicted octanol–water partition coefficient (Wildman–Crippen LogP) is 5.74. The number of nitrogens with zero attached hydrogens (tertiary/aromatic N) is 4. The van der Waals surface area contributed by atoms with Gasteiger partial charge >= 0.3 is 18.4 Å². The first-order valence-electron chi connectivity index (χ1n) is 16.4. The van der Waals surface area contributed by atoms with Crippen LogP contribution in [-0.4, -0.2) is 91.6 Å². The number of aromatic nitrogens is 4. The van der Waals surface area contributed by atoms with Crippen LogP contribution in [0.5, 0.6) is 0 Å². The van der Waals surface area contributed by atoms with Crippen LogP contribution < -0.4 is 10.6 Å². The molecule has 0 radical (unpaired) electrons. The second-order valence-electron chi connectivity index (χ2n) is 12.5. The van der Waals surface area contributed by atoms with E-state index in [1.165, 1.54) is 23.8 Å². The van der Waals surface area contributed by atoms with Crippen molar-refractivity contribution in [2.45, 2.75) is 64.0 Å². The number of alkyl halides is 3. The molecule has 3 heterocycles. The van der Waals surface area contributed by atoms with Crippen LogP contribution in [0.4, 0.5) is 22.8 Å². The molecule has 4 atom stereocenters. The summed E-state index contributed by atoms with van der Waals surface area (Å²) < 4.78 is 47.2. The van der Waals surface area contributed by atoms with Gasteiger partial charge in [-0.2, -0.15) is 13.2 Å². The average Bonchev–Trinajstić information content (AvgIpc) is 3.90. The number of nitrogens with one attached hydrogen (secondary N) is 4. The molecule has 4 amide bonds. The molecule has 5 rings (SSSR count). The average molecular weight is 725 g/mol. The molecule has 0 saturated carbocycles. The fraction of sp³-hybridized carbons (Fsp3) is 0.371. The first-order chi connectivity index (χ1) is 24.6. The van der Waals surface area contributed by atoms with Crippen molar-refractivity contribution >= 4 is 24.0 Å². The molecular formula is C35H39F3N8O6. The lowest BCUT2D eigenvalue weighted by Crippen LogP contribution is -2.46. The molecule has 0 spiro atoms. The quantitative estimate of drug-likeness (QED) is 0.137. The largest absolute Gasteiger partial charge is 0.465 e. The maximum absolute atomic E-state index is 14.2. The van der Waals surface area contributed by atoms with E-state index in [0.29, 0.717) is 24.4 Å². The number of benzene rings is 2. The van der Waals surface area contributed by atoms with Gasteiger partial charge in [0, 0.05) is 19.2 Å². The smallest absolute Gasteiger partial charge is 0.433 e. The SMILES string of the molecule is COC(=O)N[C@@H](C)C(=O)N(C)[C@@H](C)c1ncc(-c2ccc(-c3ccc(-c4nc([C@@H]5CCCN5C(=O)[C@H](C)NC(=O)O)[nH]c4C(F)(F)F)cc3)cc2)[nH]1. The molecule has 1 aliphatic heterocycles. The van der Waals surface area contributed by atoms with Gasteiger partial charge in [-0.05, 0) is 50.3 Å². The van der Waals surface area contributed by atoms with Crippen LogP contribution in [0.25, 0.3) is 33.6 Å². The molecule has 2 aromatic heterocycles. The van der Waals surface area contributed by atoms with Gasteiger partial charge in [0.1, 0.15) is 35.1 Å². The number of likely N-dealkylation sites (N-methyl/N-ethyl adjacent to an activating group) is 1. The van der Waals surface area contributed by atoms with Crippen molar-refractivity contribution in [3.05, 3.63) is 72.1 Å². The van der Waals surface area contributed by atoms with E-state index in [2.05, 4.69) is 35.3 Å². The highest BCUT2D eigenvalue weighted by molar-refractivity contribution is 5.86. The third kappa shape index (κ3) is 8.03. The standard InChI is InChI=1S/C35H39F3N8O6/c1-18(41-34(51)52-5)31(47)45(4)20(3)29-39-17-25(42-29)23-12-8-21(9-13-23)22-10-14-24(15-11-22)27-28(35(36,37)38)44-30(43-27)26-7-6-16-46(26)32(48)19(2)40-33(49)50/h8-15,17-20,26,40H,6-7,16H2,1-5H3,(H,39,42)(H,41,51)(H,43,44)(H,49,50)/t18-,19-,20-,26-/m0/s1. The number of rotatable bonds is 10. The normalized spacial score (nSPS) is 16.2. The van der Waals surface area contributed by atoms with Gasteiger partial charge < -0.3 is 40.2 Å². The molecule has 2 aromatic carbocycles. The molecule has 1 aliphatic rings. The number of halogens is 3. The molecule has 5 N–H and O–H groups in total. The number of alkyl carbamates (subject to hydrolysis) is 1. The first-order valence-corrected chi connectivity index (χ1v) is 16.4. The zero-order valence-electron chi connectivity index (χ0n) is 29.0. The number of hydrogen-bond acceptors (Lipinski definition) is 7. The number of hydrogen-bond donors (Lipinski definition) is 5. The Morgan fingerprint density at radius 2 is 1.54 bits per heavy atom. The van der Waals surface area contributed by atoms with Crippen molar-refractivity contribution in [1.29, 1.82) is 0 Å². The molecular weight excluding hydrogens is 685 g/mol. The molecule has 17 heteroatoms. The Hall–Kier alpha value is -5.87. The monoisotopic (exact) mass is 724 g/mol. The number of ether oxygens (including phenoxy) is 1. The zero-order valence-corrected chi connectivity index (χ0v) is 29.0. The predicted molar refractivity (Wildman–Crippen MR) is 183 cm³/mol. The van der Waals surface area contributed by atoms with E-state index in [1.54, 1.807) is 51.4 Å². The highest BCUT2D eigenvalue weighted by Gasteiger charge is 2.41. The van der Waals surface area contributed by atoms with Crippen molar-refractivity contribution < 1.29 is 42.2 Å². The summed E-state index contributed by atoms with van der Waals surface area (Å²) in [6.07, 6.45) is -4.30. The van der Waals surface area contributed by atoms with E-state index < -0.39 is 54.1 Å². The molecule has 4 aromatic rings. The van der Waals surface area contributed by atoms with Gasteiger partial charge in [0.05, 0.1) is 31.1 Å². The van der Waals surface area contributed by atoms with Crippen LogP contribution in [0.3, 0.4) is 0 Å². The highest BCUT2D eigenvalue weighted by Crippen LogP contribution is 2.40. The van der Waals surface area contributed by atoms with Gasteiger partial charge in [-0.3, -0.25) is 9.59 Å². The Kier molecular flexibility index (Phi) is 10.9. The van der Waals surface area contributed by atoms with Crippen LogP contribution in [0.2, 0.25) is 0 Å². The summed E-state index contributed by atoms with van der Waals surface area (Å²) in [6, 6.07) is 10.9. The van der Waals surface area contributed by atoms with Gasteiger partial charge in [-0.1, -0.05) is 48.5 Å². The summed E-state index contributed by atoms with van der Waals surface area (Å²) in [7, 11) is 2.82. The molecule has 52 heavy (non-hydrogen) atoms. The van der Waals surface area contributed by atoms with Gasteiger partial charge in [-0.15, -0.1) is 0 Å². The van der Waals surface area contributed by atoms with Crippen molar-refractivity contribution in [3.63, 3.8) is 0 Å². The van der Waals surface area contributed by atoms with Gasteiger partial charge in [0.15, 0.2) is 0 Å². The number of likely N-dealkylation sites (tertiary alicyclic amines) is 1. The van der Waals surface area contributed by atoms with Gasteiger partial charge in [0.25, 0.3) is 0 Å². The molecule has 276 valence electrons. The van der Waals surface area contributed by atoms with Gasteiger partial charge in [0.2, 0.25) is 11.8 Å². The maximum Gasteiger partial charge on any atom is 0.433 e. The van der Waals surface area contributed by atoms with Gasteiger partial charge in [-0.25, -0.2) is 19.6 Å². The number of aromatic amines is 2. The fourth-order valence-electron chi connectivity index (χ4n) is 6.11. The minimum atomic E-state index is -4.75. The van der Waals surface area contributed by atoms with Crippen LogP contribution in [0, 0.1) is 0 Å². The summed E-state index contributed by atoms with van der Waals surface area (Å²) in [5.41, 5.74) is 1.97. The second-order valence-corrected chi connectivity index (χ2v) is 12.5. The molecule has 0 unspecified atom stereocenters. The summed E-state index contributed by atoms with van der Waals surface area (Å²) in [5, 5.41) is 13.5. The maximum atomic E-state index is 14.2. The zero-order chi connectivity index (χ0) is 37.9. The number of methoxy groups -OCH3 is 1. The summed E-state index contributed by atoms with van der Waals surface area (Å²) >= 11 is 0. The van der Waals surface area contributed by atoms with E-state index >= 15 is 0 Å². The minimum Gasteiger partial charge on any atom is -0.465 e. The lowest BCUT2D eigenvalue weighted by molar-refractivity contribution is -0.140. The van der Waals surface area contributed by atoms with E-state index in [4.69, 9.17) is 5.11 Å². The summed E-state index contributed by atoms with van der Waals surface area (Å²) in [6.45, 7) is 5.00. The van der Waals surface area contributed by atoms with Crippen LogP contribution in [-0.2, 0) is 20.5 Å². The number of carbonyl (C=O) groups excluding carboxylic acids is 3. The fourth-order valence-corrected chi connectivity index (χ4v) is 6.11. The van der Waals surface area contributed by atoms with Crippen LogP contribution in [0.15, 0.2) is 54.7 Å². The number of carbonyl (C=O) groups is 4. The van der Waals surface area contributed by atoms with E-state index in [0.717, 1.165) is 16.7 Å². The first kappa shape index (κ1) is 37.4. The van der Waals surface area contributed by atoms with Crippen LogP contribution in [0.1, 0.15) is 63.0 Å². The van der Waals surface area contributed by atoms with E-state index in [-0.39, 0.29) is 29.5 Å². The lowest BCUT2D eigenvalue weighted by Gasteiger charge is -2.26. The summed E-state index contributed by atoms with van der Waals surface area (Å²) in [4.78, 5) is 65.5.